The highest BCUT2D eigenvalue weighted by Gasteiger charge is 2.45. The maximum Gasteiger partial charge on any atom is 0.307 e. The van der Waals surface area contributed by atoms with Gasteiger partial charge in [-0.05, 0) is 30.4 Å². The Hall–Kier alpha value is -1.36. The van der Waals surface area contributed by atoms with Gasteiger partial charge in [0.15, 0.2) is 9.84 Å². The van der Waals surface area contributed by atoms with E-state index >= 15 is 0 Å². The van der Waals surface area contributed by atoms with Crippen molar-refractivity contribution in [2.45, 2.75) is 36.5 Å². The molecule has 2 unspecified atom stereocenters. The van der Waals surface area contributed by atoms with Gasteiger partial charge in [0.05, 0.1) is 16.6 Å². The molecule has 1 aliphatic heterocycles. The lowest BCUT2D eigenvalue weighted by atomic mass is 9.78. The van der Waals surface area contributed by atoms with Crippen LogP contribution in [0.3, 0.4) is 0 Å². The highest BCUT2D eigenvalue weighted by Crippen LogP contribution is 2.45. The molecular weight excluding hydrogens is 276 g/mol. The highest BCUT2D eigenvalue weighted by atomic mass is 32.2. The molecule has 3 rings (SSSR count). The Kier molecular flexibility index (Phi) is 3.32. The third-order valence-corrected chi connectivity index (χ3v) is 6.52. The topological polar surface area (TPSA) is 71.4 Å². The Bertz CT molecular complexity index is 629. The minimum Gasteiger partial charge on any atom is -0.481 e. The minimum atomic E-state index is -3.33. The van der Waals surface area contributed by atoms with E-state index in [1.165, 1.54) is 0 Å². The summed E-state index contributed by atoms with van der Waals surface area (Å²) >= 11 is 0. The summed E-state index contributed by atoms with van der Waals surface area (Å²) in [6, 6.07) is 6.86. The molecular formula is C15H18O4S. The van der Waals surface area contributed by atoms with Crippen LogP contribution in [0.2, 0.25) is 0 Å². The summed E-state index contributed by atoms with van der Waals surface area (Å²) in [6.07, 6.45) is 3.90. The first-order valence-corrected chi connectivity index (χ1v) is 8.70. The summed E-state index contributed by atoms with van der Waals surface area (Å²) < 4.78 is 24.4. The second-order valence-electron chi connectivity index (χ2n) is 5.83. The summed E-state index contributed by atoms with van der Waals surface area (Å²) in [6.45, 7) is 0. The first kappa shape index (κ1) is 13.6. The molecule has 0 bridgehead atoms. The van der Waals surface area contributed by atoms with Crippen molar-refractivity contribution < 1.29 is 18.3 Å². The van der Waals surface area contributed by atoms with Gasteiger partial charge >= 0.3 is 5.97 Å². The molecule has 1 saturated carbocycles. The van der Waals surface area contributed by atoms with Gasteiger partial charge in [0.2, 0.25) is 0 Å². The molecule has 0 amide bonds. The average molecular weight is 294 g/mol. The molecule has 0 radical (unpaired) electrons. The van der Waals surface area contributed by atoms with Crippen molar-refractivity contribution in [3.63, 3.8) is 0 Å². The van der Waals surface area contributed by atoms with Gasteiger partial charge in [-0.25, -0.2) is 8.42 Å². The maximum atomic E-state index is 12.2. The molecule has 0 aromatic heterocycles. The molecule has 108 valence electrons. The van der Waals surface area contributed by atoms with E-state index in [-0.39, 0.29) is 11.7 Å². The van der Waals surface area contributed by atoms with Gasteiger partial charge in [-0.15, -0.1) is 0 Å². The average Bonchev–Trinajstić information content (AvgIpc) is 2.98. The maximum absolute atomic E-state index is 12.2. The summed E-state index contributed by atoms with van der Waals surface area (Å²) in [5, 5.41) is 9.60. The number of carbonyl (C=O) groups is 1. The fraction of sp³-hybridized carbons (Fsp3) is 0.533. The standard InChI is InChI=1S/C15H18O4S/c16-15(17)14(10-5-1-2-6-10)12-9-20(18,19)13-8-4-3-7-11(12)13/h3-4,7-8,10,12,14H,1-2,5-6,9H2,(H,16,17). The third-order valence-electron chi connectivity index (χ3n) is 4.68. The van der Waals surface area contributed by atoms with E-state index in [2.05, 4.69) is 0 Å². The number of rotatable bonds is 3. The molecule has 5 heteroatoms. The van der Waals surface area contributed by atoms with E-state index in [0.29, 0.717) is 10.5 Å². The number of carboxylic acid groups (broad SMARTS) is 1. The molecule has 1 fully saturated rings. The zero-order chi connectivity index (χ0) is 14.3. The minimum absolute atomic E-state index is 0.0557. The predicted molar refractivity (Wildman–Crippen MR) is 74.3 cm³/mol. The van der Waals surface area contributed by atoms with Crippen molar-refractivity contribution in [3.05, 3.63) is 29.8 Å². The highest BCUT2D eigenvalue weighted by molar-refractivity contribution is 7.91. The van der Waals surface area contributed by atoms with Gasteiger partial charge in [-0.2, -0.15) is 0 Å². The number of benzene rings is 1. The van der Waals surface area contributed by atoms with E-state index in [1.807, 2.05) is 0 Å². The lowest BCUT2D eigenvalue weighted by Gasteiger charge is -2.25. The monoisotopic (exact) mass is 294 g/mol. The summed E-state index contributed by atoms with van der Waals surface area (Å²) in [7, 11) is -3.33. The normalized spacial score (nSPS) is 26.3. The van der Waals surface area contributed by atoms with Gasteiger partial charge in [0.1, 0.15) is 0 Å². The Morgan fingerprint density at radius 1 is 1.20 bits per heavy atom. The van der Waals surface area contributed by atoms with E-state index in [0.717, 1.165) is 25.7 Å². The third kappa shape index (κ3) is 2.14. The van der Waals surface area contributed by atoms with Crippen molar-refractivity contribution in [2.24, 2.45) is 11.8 Å². The van der Waals surface area contributed by atoms with E-state index in [1.54, 1.807) is 24.3 Å². The van der Waals surface area contributed by atoms with Gasteiger partial charge in [0.25, 0.3) is 0 Å². The summed E-state index contributed by atoms with van der Waals surface area (Å²) in [4.78, 5) is 12.0. The van der Waals surface area contributed by atoms with Crippen LogP contribution in [-0.4, -0.2) is 25.2 Å². The van der Waals surface area contributed by atoms with Crippen molar-refractivity contribution in [2.75, 3.05) is 5.75 Å². The van der Waals surface area contributed by atoms with Gasteiger partial charge in [0, 0.05) is 5.92 Å². The molecule has 1 heterocycles. The summed E-state index contributed by atoms with van der Waals surface area (Å²) in [5.41, 5.74) is 0.701. The Morgan fingerprint density at radius 3 is 2.50 bits per heavy atom. The molecule has 4 nitrogen and oxygen atoms in total. The van der Waals surface area contributed by atoms with Crippen molar-refractivity contribution in [1.82, 2.24) is 0 Å². The molecule has 1 aromatic rings. The van der Waals surface area contributed by atoms with Crippen LogP contribution in [0, 0.1) is 11.8 Å². The number of hydrogen-bond donors (Lipinski definition) is 1. The van der Waals surface area contributed by atoms with Crippen LogP contribution in [0.5, 0.6) is 0 Å². The first-order chi connectivity index (χ1) is 9.50. The summed E-state index contributed by atoms with van der Waals surface area (Å²) in [5.74, 6) is -1.76. The van der Waals surface area contributed by atoms with Gasteiger partial charge in [-0.3, -0.25) is 4.79 Å². The number of fused-ring (bicyclic) bond motifs is 1. The lowest BCUT2D eigenvalue weighted by Crippen LogP contribution is -2.29. The zero-order valence-corrected chi connectivity index (χ0v) is 12.0. The SMILES string of the molecule is O=C(O)C(C1CCCC1)C1CS(=O)(=O)c2ccccc21. The second-order valence-corrected chi connectivity index (χ2v) is 7.84. The van der Waals surface area contributed by atoms with Crippen LogP contribution in [-0.2, 0) is 14.6 Å². The number of carboxylic acids is 1. The number of aliphatic carboxylic acids is 1. The lowest BCUT2D eigenvalue weighted by molar-refractivity contribution is -0.144. The van der Waals surface area contributed by atoms with E-state index in [9.17, 15) is 18.3 Å². The second kappa shape index (κ2) is 4.88. The van der Waals surface area contributed by atoms with Crippen LogP contribution in [0.15, 0.2) is 29.2 Å². The number of sulfone groups is 1. The molecule has 2 atom stereocenters. The van der Waals surface area contributed by atoms with Crippen LogP contribution in [0.4, 0.5) is 0 Å². The smallest absolute Gasteiger partial charge is 0.307 e. The molecule has 20 heavy (non-hydrogen) atoms. The Balaban J connectivity index is 2.03. The van der Waals surface area contributed by atoms with Crippen LogP contribution < -0.4 is 0 Å². The van der Waals surface area contributed by atoms with Gasteiger partial charge in [-0.1, -0.05) is 31.0 Å². The van der Waals surface area contributed by atoms with Gasteiger partial charge < -0.3 is 5.11 Å². The predicted octanol–water partition coefficient (Wildman–Crippen LogP) is 2.45. The molecule has 1 aromatic carbocycles. The largest absolute Gasteiger partial charge is 0.481 e. The Morgan fingerprint density at radius 2 is 1.85 bits per heavy atom. The van der Waals surface area contributed by atoms with E-state index in [4.69, 9.17) is 0 Å². The first-order valence-electron chi connectivity index (χ1n) is 7.05. The van der Waals surface area contributed by atoms with Crippen molar-refractivity contribution >= 4 is 15.8 Å². The Labute approximate surface area is 118 Å². The quantitative estimate of drug-likeness (QED) is 0.929. The van der Waals surface area contributed by atoms with Crippen molar-refractivity contribution in [1.29, 1.82) is 0 Å². The molecule has 0 spiro atoms. The fourth-order valence-corrected chi connectivity index (χ4v) is 5.71. The van der Waals surface area contributed by atoms with Crippen molar-refractivity contribution in [3.8, 4) is 0 Å². The van der Waals surface area contributed by atoms with Crippen LogP contribution >= 0.6 is 0 Å². The molecule has 2 aliphatic rings. The number of hydrogen-bond acceptors (Lipinski definition) is 3. The van der Waals surface area contributed by atoms with Crippen LogP contribution in [0.1, 0.15) is 37.2 Å². The fourth-order valence-electron chi connectivity index (χ4n) is 3.80. The molecule has 1 N–H and O–H groups in total. The molecule has 1 aliphatic carbocycles. The zero-order valence-electron chi connectivity index (χ0n) is 11.2. The molecule has 0 saturated heterocycles. The van der Waals surface area contributed by atoms with Crippen LogP contribution in [0.25, 0.3) is 0 Å². The van der Waals surface area contributed by atoms with E-state index < -0.39 is 27.6 Å².